The SMILES string of the molecule is CCCCCCCCCCCCCC/C=C/CCCCCOC(=O)c1cccc(S(=O)(=O)[O-])c1C(=O)OCCCCC/C=C/CCCCCCCCCCCCCC.[K+]. The first-order valence-electron chi connectivity index (χ1n) is 24.1. The van der Waals surface area contributed by atoms with E-state index in [4.69, 9.17) is 9.47 Å². The third-order valence-electron chi connectivity index (χ3n) is 11.0. The van der Waals surface area contributed by atoms with Crippen molar-refractivity contribution >= 4 is 22.1 Å². The van der Waals surface area contributed by atoms with Crippen LogP contribution in [0.25, 0.3) is 0 Å². The van der Waals surface area contributed by atoms with Gasteiger partial charge in [-0.25, -0.2) is 18.0 Å². The van der Waals surface area contributed by atoms with Crippen LogP contribution in [0.1, 0.15) is 253 Å². The van der Waals surface area contributed by atoms with Crippen molar-refractivity contribution in [3.8, 4) is 0 Å². The summed E-state index contributed by atoms with van der Waals surface area (Å²) in [5.41, 5.74) is -0.803. The third-order valence-corrected chi connectivity index (χ3v) is 11.9. The Balaban J connectivity index is 0.0000336. The van der Waals surface area contributed by atoms with Crippen molar-refractivity contribution < 1.29 is 83.4 Å². The van der Waals surface area contributed by atoms with E-state index < -0.39 is 32.5 Å². The van der Waals surface area contributed by atoms with E-state index >= 15 is 0 Å². The van der Waals surface area contributed by atoms with Gasteiger partial charge in [-0.05, 0) is 89.2 Å². The van der Waals surface area contributed by atoms with Crippen molar-refractivity contribution in [3.63, 3.8) is 0 Å². The average molecular weight is 869 g/mol. The molecule has 0 atom stereocenters. The predicted octanol–water partition coefficient (Wildman–Crippen LogP) is 12.3. The maximum Gasteiger partial charge on any atom is 1.00 e. The molecule has 0 aromatic heterocycles. The summed E-state index contributed by atoms with van der Waals surface area (Å²) in [6.07, 6.45) is 50.6. The van der Waals surface area contributed by atoms with Crippen LogP contribution in [-0.2, 0) is 19.6 Å². The molecule has 9 heteroatoms. The number of allylic oxidation sites excluding steroid dienone is 4. The van der Waals surface area contributed by atoms with Gasteiger partial charge in [-0.15, -0.1) is 0 Å². The average Bonchev–Trinajstić information content (AvgIpc) is 3.21. The van der Waals surface area contributed by atoms with Crippen molar-refractivity contribution in [2.24, 2.45) is 0 Å². The van der Waals surface area contributed by atoms with E-state index in [9.17, 15) is 22.6 Å². The molecule has 0 fully saturated rings. The molecule has 334 valence electrons. The number of hydrogen-bond acceptors (Lipinski definition) is 7. The number of benzene rings is 1. The van der Waals surface area contributed by atoms with E-state index in [1.807, 2.05) is 0 Å². The fourth-order valence-corrected chi connectivity index (χ4v) is 8.05. The smallest absolute Gasteiger partial charge is 0.744 e. The van der Waals surface area contributed by atoms with Crippen LogP contribution in [0.4, 0.5) is 0 Å². The Morgan fingerprint density at radius 3 is 1.12 bits per heavy atom. The molecule has 0 aliphatic carbocycles. The maximum atomic E-state index is 13.0. The van der Waals surface area contributed by atoms with Gasteiger partial charge in [-0.2, -0.15) is 0 Å². The Hall–Kier alpha value is -0.814. The molecular formula is C50H85KO7S. The molecule has 0 N–H and O–H groups in total. The van der Waals surface area contributed by atoms with E-state index in [-0.39, 0.29) is 70.2 Å². The fraction of sp³-hybridized carbons (Fsp3) is 0.760. The number of carbonyl (C=O) groups excluding carboxylic acids is 2. The molecule has 59 heavy (non-hydrogen) atoms. The molecule has 1 aromatic rings. The summed E-state index contributed by atoms with van der Waals surface area (Å²) >= 11 is 0. The zero-order valence-electron chi connectivity index (χ0n) is 38.3. The molecule has 0 aliphatic heterocycles. The topological polar surface area (TPSA) is 110 Å². The zero-order chi connectivity index (χ0) is 42.2. The molecule has 0 spiro atoms. The summed E-state index contributed by atoms with van der Waals surface area (Å²) in [7, 11) is -5.03. The molecule has 0 amide bonds. The molecule has 0 bridgehead atoms. The van der Waals surface area contributed by atoms with E-state index in [1.54, 1.807) is 0 Å². The summed E-state index contributed by atoms with van der Waals surface area (Å²) in [6.45, 7) is 4.73. The Morgan fingerprint density at radius 1 is 0.475 bits per heavy atom. The molecule has 0 saturated heterocycles. The fourth-order valence-electron chi connectivity index (χ4n) is 7.36. The number of hydrogen-bond donors (Lipinski definition) is 0. The minimum atomic E-state index is -5.03. The van der Waals surface area contributed by atoms with Gasteiger partial charge < -0.3 is 14.0 Å². The van der Waals surface area contributed by atoms with Gasteiger partial charge >= 0.3 is 63.3 Å². The van der Waals surface area contributed by atoms with Gasteiger partial charge in [-0.3, -0.25) is 0 Å². The minimum Gasteiger partial charge on any atom is -0.744 e. The Morgan fingerprint density at radius 2 is 0.780 bits per heavy atom. The van der Waals surface area contributed by atoms with Gasteiger partial charge in [0.1, 0.15) is 10.1 Å². The second-order valence-corrected chi connectivity index (χ2v) is 17.7. The van der Waals surface area contributed by atoms with E-state index in [0.29, 0.717) is 12.8 Å². The predicted molar refractivity (Wildman–Crippen MR) is 242 cm³/mol. The molecule has 0 aliphatic rings. The van der Waals surface area contributed by atoms with Crippen molar-refractivity contribution in [1.82, 2.24) is 0 Å². The number of ether oxygens (including phenoxy) is 2. The van der Waals surface area contributed by atoms with Crippen molar-refractivity contribution in [2.75, 3.05) is 13.2 Å². The molecule has 0 radical (unpaired) electrons. The van der Waals surface area contributed by atoms with Crippen LogP contribution >= 0.6 is 0 Å². The minimum absolute atomic E-state index is 0. The summed E-state index contributed by atoms with van der Waals surface area (Å²) in [5, 5.41) is 0. The molecule has 7 nitrogen and oxygen atoms in total. The van der Waals surface area contributed by atoms with Gasteiger partial charge in [0.25, 0.3) is 0 Å². The molecule has 0 unspecified atom stereocenters. The van der Waals surface area contributed by atoms with Crippen molar-refractivity contribution in [2.45, 2.75) is 237 Å². The Bertz CT molecular complexity index is 1310. The van der Waals surface area contributed by atoms with Gasteiger partial charge in [-0.1, -0.05) is 185 Å². The first kappa shape index (κ1) is 58.2. The standard InChI is InChI=1S/C50H86O7S.K/c1-3-5-7-9-11-13-15-17-19-21-23-25-27-29-31-33-35-37-39-44-56-49(51)46-42-41-43-47(58(53,54)55)48(46)50(52)57-45-40-38-36-34-32-30-28-26-24-22-20-18-16-14-12-10-8-6-4-2;/h29-32,41-43H,3-28,33-40,44-45H2,1-2H3,(H,53,54,55);/q;+1/p-1/b31-29+,32-30+;. The van der Waals surface area contributed by atoms with Gasteiger partial charge in [0.05, 0.1) is 29.2 Å². The number of carbonyl (C=O) groups is 2. The molecule has 0 saturated carbocycles. The van der Waals surface area contributed by atoms with Crippen LogP contribution in [0.2, 0.25) is 0 Å². The molecule has 0 heterocycles. The van der Waals surface area contributed by atoms with Crippen LogP contribution in [-0.4, -0.2) is 38.1 Å². The first-order valence-corrected chi connectivity index (χ1v) is 25.5. The van der Waals surface area contributed by atoms with Crippen molar-refractivity contribution in [1.29, 1.82) is 0 Å². The second-order valence-electron chi connectivity index (χ2n) is 16.4. The van der Waals surface area contributed by atoms with Crippen LogP contribution in [0.5, 0.6) is 0 Å². The molecule has 1 aromatic carbocycles. The maximum absolute atomic E-state index is 13.0. The normalized spacial score (nSPS) is 11.7. The Kier molecular flexibility index (Phi) is 41.9. The Labute approximate surface area is 405 Å². The van der Waals surface area contributed by atoms with E-state index in [0.717, 1.165) is 57.4 Å². The van der Waals surface area contributed by atoms with Gasteiger partial charge in [0.15, 0.2) is 0 Å². The second kappa shape index (κ2) is 42.5. The monoisotopic (exact) mass is 869 g/mol. The summed E-state index contributed by atoms with van der Waals surface area (Å²) in [6, 6.07) is 3.61. The van der Waals surface area contributed by atoms with Crippen LogP contribution < -0.4 is 51.4 Å². The van der Waals surface area contributed by atoms with Gasteiger partial charge in [0.2, 0.25) is 0 Å². The van der Waals surface area contributed by atoms with Crippen LogP contribution in [0, 0.1) is 0 Å². The largest absolute Gasteiger partial charge is 1.00 e. The van der Waals surface area contributed by atoms with Crippen LogP contribution in [0.15, 0.2) is 47.4 Å². The summed E-state index contributed by atoms with van der Waals surface area (Å²) in [4.78, 5) is 25.2. The summed E-state index contributed by atoms with van der Waals surface area (Å²) in [5.74, 6) is -1.84. The zero-order valence-corrected chi connectivity index (χ0v) is 42.2. The quantitative estimate of drug-likeness (QED) is 0.0212. The van der Waals surface area contributed by atoms with Crippen molar-refractivity contribution in [3.05, 3.63) is 53.6 Å². The third kappa shape index (κ3) is 34.4. The number of unbranched alkanes of at least 4 members (excludes halogenated alkanes) is 30. The van der Waals surface area contributed by atoms with Crippen LogP contribution in [0.3, 0.4) is 0 Å². The first-order chi connectivity index (χ1) is 28.3. The summed E-state index contributed by atoms with van der Waals surface area (Å²) < 4.78 is 46.8. The molecular weight excluding hydrogens is 784 g/mol. The van der Waals surface area contributed by atoms with Gasteiger partial charge in [0, 0.05) is 0 Å². The molecule has 1 rings (SSSR count). The number of esters is 2. The number of rotatable bonds is 41. The van der Waals surface area contributed by atoms with E-state index in [2.05, 4.69) is 38.2 Å². The van der Waals surface area contributed by atoms with E-state index in [1.165, 1.54) is 166 Å².